The molecule has 0 aliphatic carbocycles. The van der Waals surface area contributed by atoms with Crippen molar-refractivity contribution in [2.45, 2.75) is 23.8 Å². The van der Waals surface area contributed by atoms with Crippen LogP contribution in [0.15, 0.2) is 47.4 Å². The van der Waals surface area contributed by atoms with Crippen molar-refractivity contribution in [3.8, 4) is 12.3 Å². The third kappa shape index (κ3) is 5.63. The highest BCUT2D eigenvalue weighted by Gasteiger charge is 2.28. The number of sulfonamides is 1. The van der Waals surface area contributed by atoms with Crippen molar-refractivity contribution in [1.82, 2.24) is 14.9 Å². The average molecular weight is 464 g/mol. The van der Waals surface area contributed by atoms with E-state index < -0.39 is 27.8 Å². The lowest BCUT2D eigenvalue weighted by atomic mass is 10.0. The number of amides is 1. The first-order valence-corrected chi connectivity index (χ1v) is 11.7. The predicted molar refractivity (Wildman–Crippen MR) is 118 cm³/mol. The third-order valence-corrected chi connectivity index (χ3v) is 6.87. The Labute approximate surface area is 186 Å². The highest BCUT2D eigenvalue weighted by Crippen LogP contribution is 2.32. The van der Waals surface area contributed by atoms with E-state index in [1.165, 1.54) is 30.3 Å². The van der Waals surface area contributed by atoms with Gasteiger partial charge >= 0.3 is 0 Å². The maximum atomic E-state index is 14.6. The number of hydrogen-bond acceptors (Lipinski definition) is 4. The molecule has 164 valence electrons. The van der Waals surface area contributed by atoms with E-state index in [2.05, 4.69) is 20.9 Å². The molecule has 6 nitrogen and oxygen atoms in total. The molecule has 1 fully saturated rings. The molecule has 1 aliphatic heterocycles. The van der Waals surface area contributed by atoms with Gasteiger partial charge in [-0.2, -0.15) is 4.72 Å². The summed E-state index contributed by atoms with van der Waals surface area (Å²) in [5.41, 5.74) is 0.518. The fourth-order valence-corrected chi connectivity index (χ4v) is 4.88. The molecule has 1 amide bonds. The van der Waals surface area contributed by atoms with Crippen molar-refractivity contribution in [1.29, 1.82) is 0 Å². The fourth-order valence-electron chi connectivity index (χ4n) is 3.61. The standard InChI is InChI=1S/C22H23ClFN3O3S/c1-2-11-26-31(29,30)17-8-5-7-16(14-17)22(28)25-15-20(27-12-3-4-13-27)21-18(23)9-6-10-19(21)24/h1,5-10,14,20,26H,3-4,11-13,15H2,(H,25,28). The van der Waals surface area contributed by atoms with E-state index in [0.717, 1.165) is 25.9 Å². The summed E-state index contributed by atoms with van der Waals surface area (Å²) in [5.74, 6) is 1.31. The Morgan fingerprint density at radius 1 is 1.23 bits per heavy atom. The van der Waals surface area contributed by atoms with E-state index in [4.69, 9.17) is 18.0 Å². The van der Waals surface area contributed by atoms with E-state index >= 15 is 0 Å². The largest absolute Gasteiger partial charge is 0.350 e. The topological polar surface area (TPSA) is 78.5 Å². The molecule has 9 heteroatoms. The van der Waals surface area contributed by atoms with Gasteiger partial charge in [-0.05, 0) is 56.3 Å². The number of carbonyl (C=O) groups excluding carboxylic acids is 1. The normalized spacial score (nSPS) is 15.4. The molecule has 1 unspecified atom stereocenters. The second kappa shape index (κ2) is 10.2. The van der Waals surface area contributed by atoms with Crippen molar-refractivity contribution in [3.63, 3.8) is 0 Å². The molecule has 1 saturated heterocycles. The predicted octanol–water partition coefficient (Wildman–Crippen LogP) is 2.96. The maximum absolute atomic E-state index is 14.6. The number of nitrogens with zero attached hydrogens (tertiary/aromatic N) is 1. The van der Waals surface area contributed by atoms with Crippen LogP contribution in [-0.2, 0) is 10.0 Å². The minimum absolute atomic E-state index is 0.0661. The summed E-state index contributed by atoms with van der Waals surface area (Å²) >= 11 is 6.28. The second-order valence-corrected chi connectivity index (χ2v) is 9.33. The van der Waals surface area contributed by atoms with Gasteiger partial charge in [-0.25, -0.2) is 12.8 Å². The summed E-state index contributed by atoms with van der Waals surface area (Å²) < 4.78 is 41.4. The summed E-state index contributed by atoms with van der Waals surface area (Å²) in [7, 11) is -3.82. The van der Waals surface area contributed by atoms with Gasteiger partial charge in [0.25, 0.3) is 5.91 Å². The SMILES string of the molecule is C#CCNS(=O)(=O)c1cccc(C(=O)NCC(c2c(F)cccc2Cl)N2CCCC2)c1. The molecule has 2 aromatic carbocycles. The van der Waals surface area contributed by atoms with Crippen molar-refractivity contribution in [2.24, 2.45) is 0 Å². The minimum Gasteiger partial charge on any atom is -0.350 e. The van der Waals surface area contributed by atoms with Gasteiger partial charge < -0.3 is 5.32 Å². The number of carbonyl (C=O) groups is 1. The maximum Gasteiger partial charge on any atom is 0.251 e. The lowest BCUT2D eigenvalue weighted by molar-refractivity contribution is 0.0937. The summed E-state index contributed by atoms with van der Waals surface area (Å²) in [6, 6.07) is 9.73. The molecule has 0 saturated carbocycles. The molecule has 3 rings (SSSR count). The van der Waals surface area contributed by atoms with Crippen LogP contribution in [0.5, 0.6) is 0 Å². The molecule has 0 spiro atoms. The van der Waals surface area contributed by atoms with Crippen LogP contribution in [-0.4, -0.2) is 45.4 Å². The second-order valence-electron chi connectivity index (χ2n) is 7.16. The highest BCUT2D eigenvalue weighted by molar-refractivity contribution is 7.89. The summed E-state index contributed by atoms with van der Waals surface area (Å²) in [4.78, 5) is 14.8. The molecule has 1 aliphatic rings. The molecule has 0 aromatic heterocycles. The van der Waals surface area contributed by atoms with Gasteiger partial charge in [-0.15, -0.1) is 6.42 Å². The van der Waals surface area contributed by atoms with Gasteiger partial charge in [0.2, 0.25) is 10.0 Å². The van der Waals surface area contributed by atoms with Crippen molar-refractivity contribution in [3.05, 3.63) is 64.4 Å². The Hall–Kier alpha value is -2.44. The first kappa shape index (κ1) is 23.2. The summed E-state index contributed by atoms with van der Waals surface area (Å²) in [6.45, 7) is 1.53. The van der Waals surface area contributed by atoms with E-state index in [-0.39, 0.29) is 23.5 Å². The van der Waals surface area contributed by atoms with Crippen LogP contribution in [0.2, 0.25) is 5.02 Å². The van der Waals surface area contributed by atoms with Crippen LogP contribution in [0.1, 0.15) is 34.8 Å². The number of benzene rings is 2. The number of halogens is 2. The fraction of sp³-hybridized carbons (Fsp3) is 0.318. The Kier molecular flexibility index (Phi) is 7.68. The number of rotatable bonds is 8. The number of terminal acetylenes is 1. The van der Waals surface area contributed by atoms with Crippen molar-refractivity contribution < 1.29 is 17.6 Å². The smallest absolute Gasteiger partial charge is 0.251 e. The minimum atomic E-state index is -3.82. The first-order valence-electron chi connectivity index (χ1n) is 9.83. The van der Waals surface area contributed by atoms with Gasteiger partial charge in [0.1, 0.15) is 5.82 Å². The average Bonchev–Trinajstić information content (AvgIpc) is 3.29. The number of likely N-dealkylation sites (tertiary alicyclic amines) is 1. The number of hydrogen-bond donors (Lipinski definition) is 2. The Bertz CT molecular complexity index is 1080. The molecule has 2 aromatic rings. The zero-order valence-corrected chi connectivity index (χ0v) is 18.3. The molecule has 31 heavy (non-hydrogen) atoms. The zero-order chi connectivity index (χ0) is 22.4. The van der Waals surface area contributed by atoms with Gasteiger partial charge in [-0.3, -0.25) is 9.69 Å². The zero-order valence-electron chi connectivity index (χ0n) is 16.8. The van der Waals surface area contributed by atoms with Crippen LogP contribution in [0.25, 0.3) is 0 Å². The summed E-state index contributed by atoms with van der Waals surface area (Å²) in [5, 5.41) is 3.10. The van der Waals surface area contributed by atoms with E-state index in [1.54, 1.807) is 12.1 Å². The van der Waals surface area contributed by atoms with Gasteiger partial charge in [0.05, 0.1) is 17.5 Å². The van der Waals surface area contributed by atoms with Crippen LogP contribution < -0.4 is 10.0 Å². The Morgan fingerprint density at radius 3 is 2.61 bits per heavy atom. The summed E-state index contributed by atoms with van der Waals surface area (Å²) in [6.07, 6.45) is 7.07. The first-order chi connectivity index (χ1) is 14.8. The van der Waals surface area contributed by atoms with Crippen molar-refractivity contribution in [2.75, 3.05) is 26.2 Å². The lowest BCUT2D eigenvalue weighted by Gasteiger charge is -2.29. The van der Waals surface area contributed by atoms with E-state index in [0.29, 0.717) is 10.6 Å². The van der Waals surface area contributed by atoms with Gasteiger partial charge in [-0.1, -0.05) is 29.7 Å². The molecule has 1 heterocycles. The lowest BCUT2D eigenvalue weighted by Crippen LogP contribution is -2.37. The Morgan fingerprint density at radius 2 is 1.94 bits per heavy atom. The highest BCUT2D eigenvalue weighted by atomic mass is 35.5. The van der Waals surface area contributed by atoms with E-state index in [1.807, 2.05) is 0 Å². The molecule has 1 atom stereocenters. The molecule has 2 N–H and O–H groups in total. The quantitative estimate of drug-likeness (QED) is 0.590. The van der Waals surface area contributed by atoms with Gasteiger partial charge in [0, 0.05) is 22.7 Å². The number of nitrogens with one attached hydrogen (secondary N) is 2. The molecule has 0 bridgehead atoms. The molecule has 0 radical (unpaired) electrons. The van der Waals surface area contributed by atoms with Crippen LogP contribution in [0, 0.1) is 18.2 Å². The molecular formula is C22H23ClFN3O3S. The van der Waals surface area contributed by atoms with Crippen molar-refractivity contribution >= 4 is 27.5 Å². The Balaban J connectivity index is 1.79. The van der Waals surface area contributed by atoms with Crippen LogP contribution in [0.3, 0.4) is 0 Å². The third-order valence-electron chi connectivity index (χ3n) is 5.14. The van der Waals surface area contributed by atoms with E-state index in [9.17, 15) is 17.6 Å². The van der Waals surface area contributed by atoms with Crippen LogP contribution >= 0.6 is 11.6 Å². The monoisotopic (exact) mass is 463 g/mol. The molecular weight excluding hydrogens is 441 g/mol. The van der Waals surface area contributed by atoms with Gasteiger partial charge in [0.15, 0.2) is 0 Å². The van der Waals surface area contributed by atoms with Crippen LogP contribution in [0.4, 0.5) is 4.39 Å².